The van der Waals surface area contributed by atoms with Crippen LogP contribution in [0, 0.1) is 5.41 Å². The number of ether oxygens (including phenoxy) is 1. The Morgan fingerprint density at radius 2 is 1.80 bits per heavy atom. The number of aromatic nitrogens is 1. The molecule has 0 saturated heterocycles. The molecule has 2 aromatic carbocycles. The lowest BCUT2D eigenvalue weighted by Crippen LogP contribution is -2.40. The lowest BCUT2D eigenvalue weighted by Gasteiger charge is -2.28. The van der Waals surface area contributed by atoms with Crippen molar-refractivity contribution in [2.45, 2.75) is 20.5 Å². The zero-order valence-corrected chi connectivity index (χ0v) is 19.1. The summed E-state index contributed by atoms with van der Waals surface area (Å²) in [7, 11) is 6.05. The van der Waals surface area contributed by atoms with Crippen LogP contribution in [0.25, 0.3) is 10.9 Å². The maximum Gasteiger partial charge on any atom is 0.253 e. The maximum absolute atomic E-state index is 13.3. The van der Waals surface area contributed by atoms with Crippen LogP contribution in [0.15, 0.2) is 48.5 Å². The van der Waals surface area contributed by atoms with Crippen LogP contribution in [0.1, 0.15) is 29.9 Å². The van der Waals surface area contributed by atoms with E-state index in [1.807, 2.05) is 62.1 Å². The lowest BCUT2D eigenvalue weighted by atomic mass is 9.93. The second-order valence-corrected chi connectivity index (χ2v) is 9.16. The first kappa shape index (κ1) is 22.2. The van der Waals surface area contributed by atoms with Crippen molar-refractivity contribution in [1.29, 1.82) is 0 Å². The molecule has 1 aromatic heterocycles. The molecule has 1 N–H and O–H groups in total. The Kier molecular flexibility index (Phi) is 6.74. The van der Waals surface area contributed by atoms with E-state index in [1.54, 1.807) is 12.1 Å². The van der Waals surface area contributed by atoms with Crippen LogP contribution in [-0.2, 0) is 13.7 Å². The molecule has 0 aliphatic heterocycles. The average molecular weight is 428 g/mol. The summed E-state index contributed by atoms with van der Waals surface area (Å²) in [6, 6.07) is 15.2. The van der Waals surface area contributed by atoms with Gasteiger partial charge in [-0.15, -0.1) is 0 Å². The Labute approximate surface area is 183 Å². The minimum Gasteiger partial charge on any atom is -0.487 e. The summed E-state index contributed by atoms with van der Waals surface area (Å²) >= 11 is 5.96. The van der Waals surface area contributed by atoms with E-state index < -0.39 is 0 Å². The van der Waals surface area contributed by atoms with Crippen LogP contribution < -0.4 is 10.1 Å². The Morgan fingerprint density at radius 1 is 1.13 bits per heavy atom. The third-order valence-corrected chi connectivity index (χ3v) is 5.37. The molecule has 0 aliphatic rings. The monoisotopic (exact) mass is 427 g/mol. The summed E-state index contributed by atoms with van der Waals surface area (Å²) in [6.07, 6.45) is 0. The smallest absolute Gasteiger partial charge is 0.253 e. The normalized spacial score (nSPS) is 11.8. The molecule has 3 rings (SSSR count). The molecule has 0 unspecified atom stereocenters. The molecule has 0 spiro atoms. The number of amides is 1. The van der Waals surface area contributed by atoms with Crippen LogP contribution in [-0.4, -0.2) is 42.6 Å². The van der Waals surface area contributed by atoms with Gasteiger partial charge in [0.05, 0.1) is 11.3 Å². The minimum absolute atomic E-state index is 0.0380. The maximum atomic E-state index is 13.3. The molecular weight excluding hydrogens is 398 g/mol. The highest BCUT2D eigenvalue weighted by Gasteiger charge is 2.24. The van der Waals surface area contributed by atoms with Crippen LogP contribution in [0.5, 0.6) is 5.75 Å². The lowest BCUT2D eigenvalue weighted by molar-refractivity contribution is 0.0928. The van der Waals surface area contributed by atoms with Crippen molar-refractivity contribution < 1.29 is 9.53 Å². The molecule has 3 aromatic rings. The van der Waals surface area contributed by atoms with Crippen LogP contribution in [0.4, 0.5) is 0 Å². The topological polar surface area (TPSA) is 46.5 Å². The first-order valence-electron chi connectivity index (χ1n) is 10.1. The average Bonchev–Trinajstić information content (AvgIpc) is 2.97. The summed E-state index contributed by atoms with van der Waals surface area (Å²) in [5.41, 5.74) is 2.48. The molecule has 0 radical (unpaired) electrons. The van der Waals surface area contributed by atoms with Gasteiger partial charge >= 0.3 is 0 Å². The van der Waals surface area contributed by atoms with Crippen molar-refractivity contribution in [2.24, 2.45) is 12.5 Å². The van der Waals surface area contributed by atoms with Gasteiger partial charge < -0.3 is 19.5 Å². The number of hydrogen-bond acceptors (Lipinski definition) is 3. The molecule has 1 heterocycles. The van der Waals surface area contributed by atoms with E-state index in [4.69, 9.17) is 16.3 Å². The standard InChI is InChI=1S/C24H30ClN3O2/c1-24(2,16-27(3)4)15-26-23(29)22-19-8-6-7-9-20(19)28(5)21(22)14-30-18-12-10-17(25)11-13-18/h6-13H,14-16H2,1-5H3,(H,26,29). The van der Waals surface area contributed by atoms with Crippen molar-refractivity contribution in [2.75, 3.05) is 27.2 Å². The van der Waals surface area contributed by atoms with Gasteiger partial charge in [0.25, 0.3) is 5.91 Å². The van der Waals surface area contributed by atoms with E-state index >= 15 is 0 Å². The van der Waals surface area contributed by atoms with Crippen LogP contribution in [0.2, 0.25) is 5.02 Å². The van der Waals surface area contributed by atoms with Crippen LogP contribution in [0.3, 0.4) is 0 Å². The highest BCUT2D eigenvalue weighted by Crippen LogP contribution is 2.27. The van der Waals surface area contributed by atoms with Crippen molar-refractivity contribution in [3.8, 4) is 5.75 Å². The third-order valence-electron chi connectivity index (χ3n) is 5.12. The van der Waals surface area contributed by atoms with E-state index in [0.29, 0.717) is 22.9 Å². The second-order valence-electron chi connectivity index (χ2n) is 8.73. The van der Waals surface area contributed by atoms with Gasteiger partial charge in [-0.1, -0.05) is 43.6 Å². The summed E-state index contributed by atoms with van der Waals surface area (Å²) < 4.78 is 8.01. The summed E-state index contributed by atoms with van der Waals surface area (Å²) in [6.45, 7) is 6.07. The van der Waals surface area contributed by atoms with Gasteiger partial charge in [0, 0.05) is 36.1 Å². The zero-order chi connectivity index (χ0) is 21.9. The summed E-state index contributed by atoms with van der Waals surface area (Å²) in [5, 5.41) is 4.73. The Balaban J connectivity index is 1.87. The van der Waals surface area contributed by atoms with Crippen molar-refractivity contribution in [3.05, 3.63) is 64.8 Å². The largest absolute Gasteiger partial charge is 0.487 e. The van der Waals surface area contributed by atoms with Gasteiger partial charge in [-0.2, -0.15) is 0 Å². The van der Waals surface area contributed by atoms with Gasteiger partial charge in [-0.05, 0) is 49.8 Å². The zero-order valence-electron chi connectivity index (χ0n) is 18.3. The van der Waals surface area contributed by atoms with E-state index in [0.717, 1.165) is 23.1 Å². The number of carbonyl (C=O) groups excluding carboxylic acids is 1. The van der Waals surface area contributed by atoms with E-state index in [9.17, 15) is 4.79 Å². The SMILES string of the molecule is CN(C)CC(C)(C)CNC(=O)c1c(COc2ccc(Cl)cc2)n(C)c2ccccc12. The van der Waals surface area contributed by atoms with Gasteiger partial charge in [0.1, 0.15) is 12.4 Å². The molecule has 5 nitrogen and oxygen atoms in total. The van der Waals surface area contributed by atoms with Gasteiger partial charge in [0.15, 0.2) is 0 Å². The number of hydrogen-bond donors (Lipinski definition) is 1. The van der Waals surface area contributed by atoms with Crippen LogP contribution >= 0.6 is 11.6 Å². The fourth-order valence-corrected chi connectivity index (χ4v) is 4.00. The van der Waals surface area contributed by atoms with Gasteiger partial charge in [0.2, 0.25) is 0 Å². The molecule has 1 amide bonds. The summed E-state index contributed by atoms with van der Waals surface area (Å²) in [5.74, 6) is 0.636. The van der Waals surface area contributed by atoms with Gasteiger partial charge in [-0.3, -0.25) is 4.79 Å². The molecule has 6 heteroatoms. The molecule has 0 fully saturated rings. The number of halogens is 1. The predicted octanol–water partition coefficient (Wildman–Crippen LogP) is 4.73. The number of fused-ring (bicyclic) bond motifs is 1. The highest BCUT2D eigenvalue weighted by molar-refractivity contribution is 6.30. The van der Waals surface area contributed by atoms with Crippen molar-refractivity contribution in [1.82, 2.24) is 14.8 Å². The quantitative estimate of drug-likeness (QED) is 0.565. The molecular formula is C24H30ClN3O2. The molecule has 0 saturated carbocycles. The van der Waals surface area contributed by atoms with Gasteiger partial charge in [-0.25, -0.2) is 0 Å². The first-order valence-corrected chi connectivity index (χ1v) is 10.4. The Bertz CT molecular complexity index is 1020. The fourth-order valence-electron chi connectivity index (χ4n) is 3.87. The van der Waals surface area contributed by atoms with Crippen molar-refractivity contribution >= 4 is 28.4 Å². The number of nitrogens with zero attached hydrogens (tertiary/aromatic N) is 2. The number of carbonyl (C=O) groups is 1. The number of para-hydroxylation sites is 1. The predicted molar refractivity (Wildman–Crippen MR) is 123 cm³/mol. The number of rotatable bonds is 8. The molecule has 0 bridgehead atoms. The number of nitrogens with one attached hydrogen (secondary N) is 1. The van der Waals surface area contributed by atoms with Crippen molar-refractivity contribution in [3.63, 3.8) is 0 Å². The van der Waals surface area contributed by atoms with E-state index in [2.05, 4.69) is 24.1 Å². The molecule has 0 aliphatic carbocycles. The Hall–Kier alpha value is -2.50. The minimum atomic E-state index is -0.0756. The fraction of sp³-hybridized carbons (Fsp3) is 0.375. The number of benzene rings is 2. The van der Waals surface area contributed by atoms with E-state index in [1.165, 1.54) is 0 Å². The molecule has 30 heavy (non-hydrogen) atoms. The first-order chi connectivity index (χ1) is 14.2. The Morgan fingerprint density at radius 3 is 2.47 bits per heavy atom. The molecule has 0 atom stereocenters. The second kappa shape index (κ2) is 9.11. The highest BCUT2D eigenvalue weighted by atomic mass is 35.5. The molecule has 160 valence electrons. The number of aryl methyl sites for hydroxylation is 1. The van der Waals surface area contributed by atoms with E-state index in [-0.39, 0.29) is 17.9 Å². The third kappa shape index (κ3) is 5.15. The summed E-state index contributed by atoms with van der Waals surface area (Å²) in [4.78, 5) is 15.4.